The molecule has 2 aromatic carbocycles. The van der Waals surface area contributed by atoms with E-state index in [1.54, 1.807) is 7.11 Å². The highest BCUT2D eigenvalue weighted by atomic mass is 16.5. The van der Waals surface area contributed by atoms with Gasteiger partial charge < -0.3 is 4.74 Å². The van der Waals surface area contributed by atoms with E-state index in [4.69, 9.17) is 4.74 Å². The van der Waals surface area contributed by atoms with Gasteiger partial charge in [-0.3, -0.25) is 4.99 Å². The number of methoxy groups -OCH3 is 1. The highest BCUT2D eigenvalue weighted by Crippen LogP contribution is 2.26. The van der Waals surface area contributed by atoms with Gasteiger partial charge in [0.2, 0.25) is 0 Å². The second kappa shape index (κ2) is 5.70. The predicted molar refractivity (Wildman–Crippen MR) is 80.1 cm³/mol. The van der Waals surface area contributed by atoms with Crippen LogP contribution in [-0.2, 0) is 5.54 Å². The molecule has 0 radical (unpaired) electrons. The first kappa shape index (κ1) is 13.3. The molecule has 0 atom stereocenters. The van der Waals surface area contributed by atoms with Gasteiger partial charge in [-0.15, -0.1) is 0 Å². The van der Waals surface area contributed by atoms with E-state index in [9.17, 15) is 0 Å². The molecule has 0 saturated carbocycles. The van der Waals surface area contributed by atoms with Crippen molar-refractivity contribution >= 4 is 6.21 Å². The Morgan fingerprint density at radius 1 is 0.947 bits per heavy atom. The number of rotatable bonds is 4. The third-order valence-corrected chi connectivity index (χ3v) is 3.13. The second-order valence-electron chi connectivity index (χ2n) is 4.96. The van der Waals surface area contributed by atoms with Crippen molar-refractivity contribution in [3.8, 4) is 5.75 Å². The SMILES string of the molecule is COc1ccc(C(C)(C)N=Cc2ccccc2)cc1. The Labute approximate surface area is 114 Å². The minimum atomic E-state index is -0.248. The lowest BCUT2D eigenvalue weighted by atomic mass is 9.95. The van der Waals surface area contributed by atoms with E-state index in [1.165, 1.54) is 5.56 Å². The Balaban J connectivity index is 2.19. The van der Waals surface area contributed by atoms with Gasteiger partial charge in [0.15, 0.2) is 0 Å². The molecule has 0 bridgehead atoms. The van der Waals surface area contributed by atoms with Crippen molar-refractivity contribution in [2.75, 3.05) is 7.11 Å². The molecule has 98 valence electrons. The Morgan fingerprint density at radius 3 is 2.16 bits per heavy atom. The van der Waals surface area contributed by atoms with E-state index in [0.717, 1.165) is 11.3 Å². The summed E-state index contributed by atoms with van der Waals surface area (Å²) < 4.78 is 5.17. The smallest absolute Gasteiger partial charge is 0.118 e. The fourth-order valence-corrected chi connectivity index (χ4v) is 1.85. The molecular weight excluding hydrogens is 234 g/mol. The van der Waals surface area contributed by atoms with Gasteiger partial charge in [0.1, 0.15) is 5.75 Å². The van der Waals surface area contributed by atoms with Crippen LogP contribution in [-0.4, -0.2) is 13.3 Å². The normalized spacial score (nSPS) is 11.7. The fraction of sp³-hybridized carbons (Fsp3) is 0.235. The highest BCUT2D eigenvalue weighted by Gasteiger charge is 2.18. The molecule has 0 fully saturated rings. The van der Waals surface area contributed by atoms with Crippen LogP contribution < -0.4 is 4.74 Å². The van der Waals surface area contributed by atoms with Crippen molar-refractivity contribution in [2.45, 2.75) is 19.4 Å². The van der Waals surface area contributed by atoms with Crippen LogP contribution in [0.1, 0.15) is 25.0 Å². The summed E-state index contributed by atoms with van der Waals surface area (Å²) in [6.45, 7) is 4.21. The van der Waals surface area contributed by atoms with Crippen molar-refractivity contribution in [3.05, 3.63) is 65.7 Å². The van der Waals surface area contributed by atoms with Crippen LogP contribution in [0.5, 0.6) is 5.75 Å². The largest absolute Gasteiger partial charge is 0.497 e. The summed E-state index contributed by atoms with van der Waals surface area (Å²) in [5, 5.41) is 0. The van der Waals surface area contributed by atoms with E-state index in [-0.39, 0.29) is 5.54 Å². The molecule has 2 rings (SSSR count). The lowest BCUT2D eigenvalue weighted by Crippen LogP contribution is -2.14. The standard InChI is InChI=1S/C17H19NO/c1-17(2,15-9-11-16(19-3)12-10-15)18-13-14-7-5-4-6-8-14/h4-13H,1-3H3. The van der Waals surface area contributed by atoms with Crippen molar-refractivity contribution < 1.29 is 4.74 Å². The quantitative estimate of drug-likeness (QED) is 0.753. The molecule has 0 aliphatic carbocycles. The summed E-state index contributed by atoms with van der Waals surface area (Å²) in [6.07, 6.45) is 1.92. The van der Waals surface area contributed by atoms with Crippen LogP contribution in [0.2, 0.25) is 0 Å². The number of nitrogens with zero attached hydrogens (tertiary/aromatic N) is 1. The molecule has 2 heteroatoms. The summed E-state index contributed by atoms with van der Waals surface area (Å²) in [5.41, 5.74) is 2.03. The zero-order valence-corrected chi connectivity index (χ0v) is 11.6. The summed E-state index contributed by atoms with van der Waals surface area (Å²) in [6, 6.07) is 18.2. The molecule has 0 aliphatic rings. The lowest BCUT2D eigenvalue weighted by Gasteiger charge is -2.20. The molecular formula is C17H19NO. The first-order chi connectivity index (χ1) is 9.12. The predicted octanol–water partition coefficient (Wildman–Crippen LogP) is 4.05. The van der Waals surface area contributed by atoms with Gasteiger partial charge >= 0.3 is 0 Å². The van der Waals surface area contributed by atoms with Crippen LogP contribution in [0.25, 0.3) is 0 Å². The minimum absolute atomic E-state index is 0.248. The number of aliphatic imine (C=N–C) groups is 1. The maximum Gasteiger partial charge on any atom is 0.118 e. The molecule has 0 N–H and O–H groups in total. The molecule has 0 amide bonds. The molecule has 0 aromatic heterocycles. The Kier molecular flexibility index (Phi) is 4.00. The summed E-state index contributed by atoms with van der Waals surface area (Å²) in [5.74, 6) is 0.867. The first-order valence-corrected chi connectivity index (χ1v) is 6.36. The Hall–Kier alpha value is -2.09. The molecule has 2 nitrogen and oxygen atoms in total. The topological polar surface area (TPSA) is 21.6 Å². The molecule has 0 spiro atoms. The van der Waals surface area contributed by atoms with Gasteiger partial charge in [0.25, 0.3) is 0 Å². The fourth-order valence-electron chi connectivity index (χ4n) is 1.85. The monoisotopic (exact) mass is 253 g/mol. The van der Waals surface area contributed by atoms with Crippen LogP contribution in [0, 0.1) is 0 Å². The average molecular weight is 253 g/mol. The average Bonchev–Trinajstić information content (AvgIpc) is 2.46. The molecule has 0 unspecified atom stereocenters. The molecule has 2 aromatic rings. The Morgan fingerprint density at radius 2 is 1.58 bits per heavy atom. The van der Waals surface area contributed by atoms with Gasteiger partial charge in [0, 0.05) is 6.21 Å². The second-order valence-corrected chi connectivity index (χ2v) is 4.96. The van der Waals surface area contributed by atoms with Crippen LogP contribution in [0.4, 0.5) is 0 Å². The summed E-state index contributed by atoms with van der Waals surface area (Å²) in [7, 11) is 1.67. The maximum absolute atomic E-state index is 5.17. The number of hydrogen-bond donors (Lipinski definition) is 0. The molecule has 0 aliphatic heterocycles. The van der Waals surface area contributed by atoms with Gasteiger partial charge in [0.05, 0.1) is 12.6 Å². The zero-order valence-electron chi connectivity index (χ0n) is 11.6. The van der Waals surface area contributed by atoms with E-state index in [1.807, 2.05) is 48.7 Å². The van der Waals surface area contributed by atoms with Gasteiger partial charge in [-0.1, -0.05) is 42.5 Å². The first-order valence-electron chi connectivity index (χ1n) is 6.36. The van der Waals surface area contributed by atoms with E-state index in [2.05, 4.69) is 31.0 Å². The highest BCUT2D eigenvalue weighted by molar-refractivity contribution is 5.79. The van der Waals surface area contributed by atoms with Crippen LogP contribution in [0.3, 0.4) is 0 Å². The summed E-state index contributed by atoms with van der Waals surface area (Å²) in [4.78, 5) is 4.69. The van der Waals surface area contributed by atoms with Crippen molar-refractivity contribution in [1.82, 2.24) is 0 Å². The minimum Gasteiger partial charge on any atom is -0.497 e. The summed E-state index contributed by atoms with van der Waals surface area (Å²) >= 11 is 0. The zero-order chi connectivity index (χ0) is 13.7. The Bertz CT molecular complexity index is 541. The number of ether oxygens (including phenoxy) is 1. The van der Waals surface area contributed by atoms with Crippen molar-refractivity contribution in [1.29, 1.82) is 0 Å². The van der Waals surface area contributed by atoms with Crippen LogP contribution >= 0.6 is 0 Å². The number of hydrogen-bond acceptors (Lipinski definition) is 2. The van der Waals surface area contributed by atoms with Crippen molar-refractivity contribution in [2.24, 2.45) is 4.99 Å². The van der Waals surface area contributed by atoms with Gasteiger partial charge in [-0.05, 0) is 37.1 Å². The molecule has 0 saturated heterocycles. The third kappa shape index (κ3) is 3.44. The van der Waals surface area contributed by atoms with Gasteiger partial charge in [-0.25, -0.2) is 0 Å². The molecule has 19 heavy (non-hydrogen) atoms. The van der Waals surface area contributed by atoms with E-state index >= 15 is 0 Å². The van der Waals surface area contributed by atoms with Gasteiger partial charge in [-0.2, -0.15) is 0 Å². The van der Waals surface area contributed by atoms with E-state index < -0.39 is 0 Å². The third-order valence-electron chi connectivity index (χ3n) is 3.13. The van der Waals surface area contributed by atoms with Crippen LogP contribution in [0.15, 0.2) is 59.6 Å². The lowest BCUT2D eigenvalue weighted by molar-refractivity contribution is 0.414. The maximum atomic E-state index is 5.17. The molecule has 0 heterocycles. The van der Waals surface area contributed by atoms with Crippen molar-refractivity contribution in [3.63, 3.8) is 0 Å². The van der Waals surface area contributed by atoms with E-state index in [0.29, 0.717) is 0 Å². The number of benzene rings is 2.